The lowest BCUT2D eigenvalue weighted by Crippen LogP contribution is -2.35. The number of H-pyrrole nitrogens is 1. The molecule has 0 fully saturated rings. The first-order valence-electron chi connectivity index (χ1n) is 6.39. The van der Waals surface area contributed by atoms with Crippen LogP contribution < -0.4 is 11.1 Å². The number of allylic oxidation sites excluding steroid dienone is 1. The molecule has 5 nitrogen and oxygen atoms in total. The molecule has 1 aromatic heterocycles. The highest BCUT2D eigenvalue weighted by atomic mass is 16.2. The zero-order valence-corrected chi connectivity index (χ0v) is 10.9. The zero-order chi connectivity index (χ0) is 13.1. The van der Waals surface area contributed by atoms with Crippen LogP contribution in [0.15, 0.2) is 12.2 Å². The van der Waals surface area contributed by atoms with Gasteiger partial charge in [-0.15, -0.1) is 0 Å². The third kappa shape index (κ3) is 2.55. The molecule has 0 saturated heterocycles. The summed E-state index contributed by atoms with van der Waals surface area (Å²) in [5.74, 6) is 0.0487. The molecule has 0 aromatic carbocycles. The predicted octanol–water partition coefficient (Wildman–Crippen LogP) is 1.95. The Hall–Kier alpha value is -1.78. The SMILES string of the molecule is CC(C)c1[nH]nc(C(=O)NC2CC=CCC2)c1N. The topological polar surface area (TPSA) is 83.8 Å². The van der Waals surface area contributed by atoms with Gasteiger partial charge in [-0.05, 0) is 25.2 Å². The Balaban J connectivity index is 2.07. The minimum atomic E-state index is -0.184. The molecule has 0 spiro atoms. The molecule has 0 saturated carbocycles. The summed E-state index contributed by atoms with van der Waals surface area (Å²) in [6.07, 6.45) is 7.11. The van der Waals surface area contributed by atoms with E-state index in [4.69, 9.17) is 5.73 Å². The van der Waals surface area contributed by atoms with E-state index in [1.165, 1.54) is 0 Å². The second-order valence-electron chi connectivity index (χ2n) is 5.01. The van der Waals surface area contributed by atoms with Gasteiger partial charge in [-0.3, -0.25) is 9.89 Å². The highest BCUT2D eigenvalue weighted by molar-refractivity contribution is 5.97. The number of nitrogens with two attached hydrogens (primary N) is 1. The van der Waals surface area contributed by atoms with Gasteiger partial charge in [0, 0.05) is 6.04 Å². The lowest BCUT2D eigenvalue weighted by atomic mass is 10.0. The molecule has 5 heteroatoms. The molecule has 1 aliphatic carbocycles. The summed E-state index contributed by atoms with van der Waals surface area (Å²) in [5.41, 5.74) is 7.54. The van der Waals surface area contributed by atoms with Gasteiger partial charge < -0.3 is 11.1 Å². The van der Waals surface area contributed by atoms with Crippen molar-refractivity contribution in [2.24, 2.45) is 0 Å². The highest BCUT2D eigenvalue weighted by Gasteiger charge is 2.21. The lowest BCUT2D eigenvalue weighted by molar-refractivity contribution is 0.0930. The summed E-state index contributed by atoms with van der Waals surface area (Å²) in [5, 5.41) is 9.84. The fourth-order valence-electron chi connectivity index (χ4n) is 2.16. The van der Waals surface area contributed by atoms with E-state index in [0.29, 0.717) is 11.4 Å². The Morgan fingerprint density at radius 1 is 1.56 bits per heavy atom. The number of aromatic amines is 1. The first kappa shape index (κ1) is 12.7. The molecule has 98 valence electrons. The van der Waals surface area contributed by atoms with Crippen LogP contribution in [-0.2, 0) is 0 Å². The largest absolute Gasteiger partial charge is 0.395 e. The number of anilines is 1. The van der Waals surface area contributed by atoms with Gasteiger partial charge >= 0.3 is 0 Å². The van der Waals surface area contributed by atoms with E-state index in [9.17, 15) is 4.79 Å². The van der Waals surface area contributed by atoms with Crippen LogP contribution in [0.5, 0.6) is 0 Å². The standard InChI is InChI=1S/C13H20N4O/c1-8(2)11-10(14)12(17-16-11)13(18)15-9-6-4-3-5-7-9/h3-4,8-9H,5-7,14H2,1-2H3,(H,15,18)(H,16,17). The molecule has 18 heavy (non-hydrogen) atoms. The van der Waals surface area contributed by atoms with Crippen molar-refractivity contribution >= 4 is 11.6 Å². The number of hydrogen-bond donors (Lipinski definition) is 3. The van der Waals surface area contributed by atoms with Crippen molar-refractivity contribution in [1.82, 2.24) is 15.5 Å². The number of nitrogen functional groups attached to an aromatic ring is 1. The fraction of sp³-hybridized carbons (Fsp3) is 0.538. The molecule has 0 radical (unpaired) electrons. The molecule has 1 heterocycles. The Morgan fingerprint density at radius 3 is 2.89 bits per heavy atom. The van der Waals surface area contributed by atoms with Crippen molar-refractivity contribution in [3.8, 4) is 0 Å². The lowest BCUT2D eigenvalue weighted by Gasteiger charge is -2.18. The van der Waals surface area contributed by atoms with Crippen LogP contribution >= 0.6 is 0 Å². The highest BCUT2D eigenvalue weighted by Crippen LogP contribution is 2.22. The second kappa shape index (κ2) is 5.25. The van der Waals surface area contributed by atoms with Gasteiger partial charge in [0.25, 0.3) is 5.91 Å². The normalized spacial score (nSPS) is 19.2. The van der Waals surface area contributed by atoms with Gasteiger partial charge in [-0.1, -0.05) is 26.0 Å². The molecule has 2 rings (SSSR count). The van der Waals surface area contributed by atoms with Gasteiger partial charge in [0.1, 0.15) is 0 Å². The number of aromatic nitrogens is 2. The average molecular weight is 248 g/mol. The van der Waals surface area contributed by atoms with E-state index in [1.807, 2.05) is 13.8 Å². The number of carbonyl (C=O) groups excluding carboxylic acids is 1. The monoisotopic (exact) mass is 248 g/mol. The number of rotatable bonds is 3. The fourth-order valence-corrected chi connectivity index (χ4v) is 2.16. The maximum atomic E-state index is 12.1. The summed E-state index contributed by atoms with van der Waals surface area (Å²) in [7, 11) is 0. The second-order valence-corrected chi connectivity index (χ2v) is 5.01. The van der Waals surface area contributed by atoms with Gasteiger partial charge in [-0.2, -0.15) is 5.10 Å². The van der Waals surface area contributed by atoms with E-state index in [2.05, 4.69) is 27.7 Å². The summed E-state index contributed by atoms with van der Waals surface area (Å²) >= 11 is 0. The van der Waals surface area contributed by atoms with Crippen LogP contribution in [0.4, 0.5) is 5.69 Å². The van der Waals surface area contributed by atoms with Crippen molar-refractivity contribution in [2.45, 2.75) is 45.1 Å². The number of nitrogens with one attached hydrogen (secondary N) is 2. The first-order chi connectivity index (χ1) is 8.59. The molecule has 0 aliphatic heterocycles. The first-order valence-corrected chi connectivity index (χ1v) is 6.39. The van der Waals surface area contributed by atoms with Crippen LogP contribution in [0.25, 0.3) is 0 Å². The van der Waals surface area contributed by atoms with Crippen molar-refractivity contribution in [1.29, 1.82) is 0 Å². The Kier molecular flexibility index (Phi) is 3.69. The van der Waals surface area contributed by atoms with Crippen LogP contribution in [0.3, 0.4) is 0 Å². The van der Waals surface area contributed by atoms with Crippen molar-refractivity contribution < 1.29 is 4.79 Å². The summed E-state index contributed by atoms with van der Waals surface area (Å²) in [4.78, 5) is 12.1. The van der Waals surface area contributed by atoms with Crippen LogP contribution in [0.1, 0.15) is 55.2 Å². The molecule has 0 bridgehead atoms. The number of amides is 1. The van der Waals surface area contributed by atoms with Gasteiger partial charge in [-0.25, -0.2) is 0 Å². The summed E-state index contributed by atoms with van der Waals surface area (Å²) in [6, 6.07) is 0.195. The molecular weight excluding hydrogens is 228 g/mol. The zero-order valence-electron chi connectivity index (χ0n) is 10.9. The molecule has 1 amide bonds. The minimum Gasteiger partial charge on any atom is -0.395 e. The minimum absolute atomic E-state index is 0.184. The van der Waals surface area contributed by atoms with E-state index < -0.39 is 0 Å². The third-order valence-electron chi connectivity index (χ3n) is 3.23. The van der Waals surface area contributed by atoms with Crippen LogP contribution in [0.2, 0.25) is 0 Å². The van der Waals surface area contributed by atoms with E-state index in [0.717, 1.165) is 25.0 Å². The Labute approximate surface area is 107 Å². The Morgan fingerprint density at radius 2 is 2.33 bits per heavy atom. The molecule has 1 aliphatic rings. The third-order valence-corrected chi connectivity index (χ3v) is 3.23. The van der Waals surface area contributed by atoms with Gasteiger partial charge in [0.15, 0.2) is 5.69 Å². The van der Waals surface area contributed by atoms with Crippen molar-refractivity contribution in [2.75, 3.05) is 5.73 Å². The molecule has 4 N–H and O–H groups in total. The number of nitrogens with zero attached hydrogens (tertiary/aromatic N) is 1. The van der Waals surface area contributed by atoms with E-state index >= 15 is 0 Å². The summed E-state index contributed by atoms with van der Waals surface area (Å²) in [6.45, 7) is 4.02. The number of hydrogen-bond acceptors (Lipinski definition) is 3. The maximum Gasteiger partial charge on any atom is 0.274 e. The Bertz CT molecular complexity index is 462. The predicted molar refractivity (Wildman–Crippen MR) is 71.3 cm³/mol. The van der Waals surface area contributed by atoms with Gasteiger partial charge in [0.05, 0.1) is 11.4 Å². The van der Waals surface area contributed by atoms with Crippen LogP contribution in [-0.4, -0.2) is 22.1 Å². The van der Waals surface area contributed by atoms with E-state index in [-0.39, 0.29) is 17.9 Å². The molecule has 1 aromatic rings. The van der Waals surface area contributed by atoms with Crippen LogP contribution in [0, 0.1) is 0 Å². The maximum absolute atomic E-state index is 12.1. The number of carbonyl (C=O) groups is 1. The molecule has 1 atom stereocenters. The summed E-state index contributed by atoms with van der Waals surface area (Å²) < 4.78 is 0. The van der Waals surface area contributed by atoms with Gasteiger partial charge in [0.2, 0.25) is 0 Å². The average Bonchev–Trinajstić information content (AvgIpc) is 2.72. The smallest absolute Gasteiger partial charge is 0.274 e. The van der Waals surface area contributed by atoms with E-state index in [1.54, 1.807) is 0 Å². The molecule has 1 unspecified atom stereocenters. The van der Waals surface area contributed by atoms with Crippen molar-refractivity contribution in [3.63, 3.8) is 0 Å². The quantitative estimate of drug-likeness (QED) is 0.715. The molecular formula is C13H20N4O. The van der Waals surface area contributed by atoms with Crippen molar-refractivity contribution in [3.05, 3.63) is 23.5 Å².